The molecule has 33 heavy (non-hydrogen) atoms. The molecule has 0 radical (unpaired) electrons. The number of pyridine rings is 1. The number of amides is 1. The van der Waals surface area contributed by atoms with Crippen LogP contribution in [0, 0.1) is 0 Å². The molecule has 1 aliphatic rings. The van der Waals surface area contributed by atoms with Crippen LogP contribution in [0.4, 0.5) is 0 Å². The molecule has 0 spiro atoms. The number of ether oxygens (including phenoxy) is 1. The third-order valence-corrected chi connectivity index (χ3v) is 5.64. The standard InChI is InChI=1S/C25H21ClN2O5/c1-2-33-20-12-17(7-10-19(20)26)23(30)21-22(16-5-8-18(29)9-6-16)28(25(32)24(21)31)14-15-4-3-11-27-13-15/h3-13,22,29-30H,2,14H2,1H3/b23-21-. The second-order valence-corrected chi connectivity index (χ2v) is 7.87. The van der Waals surface area contributed by atoms with Crippen molar-refractivity contribution in [1.29, 1.82) is 0 Å². The smallest absolute Gasteiger partial charge is 0.295 e. The Morgan fingerprint density at radius 3 is 2.58 bits per heavy atom. The predicted octanol–water partition coefficient (Wildman–Crippen LogP) is 4.46. The number of halogens is 1. The highest BCUT2D eigenvalue weighted by Crippen LogP contribution is 2.41. The van der Waals surface area contributed by atoms with Crippen molar-refractivity contribution >= 4 is 29.1 Å². The zero-order chi connectivity index (χ0) is 23.5. The van der Waals surface area contributed by atoms with Gasteiger partial charge in [0.05, 0.1) is 23.2 Å². The number of nitrogens with zero attached hydrogens (tertiary/aromatic N) is 2. The monoisotopic (exact) mass is 464 g/mol. The van der Waals surface area contributed by atoms with Crippen molar-refractivity contribution in [3.05, 3.63) is 94.3 Å². The minimum Gasteiger partial charge on any atom is -0.508 e. The summed E-state index contributed by atoms with van der Waals surface area (Å²) in [5.74, 6) is -1.48. The van der Waals surface area contributed by atoms with Crippen molar-refractivity contribution in [2.75, 3.05) is 6.61 Å². The van der Waals surface area contributed by atoms with E-state index in [1.165, 1.54) is 23.1 Å². The van der Waals surface area contributed by atoms with Crippen LogP contribution < -0.4 is 4.74 Å². The third kappa shape index (κ3) is 4.40. The van der Waals surface area contributed by atoms with E-state index >= 15 is 0 Å². The largest absolute Gasteiger partial charge is 0.508 e. The average Bonchev–Trinajstić information content (AvgIpc) is 3.06. The molecule has 8 heteroatoms. The van der Waals surface area contributed by atoms with E-state index in [1.807, 2.05) is 0 Å². The number of phenolic OH excluding ortho intramolecular Hbond substituents is 1. The summed E-state index contributed by atoms with van der Waals surface area (Å²) in [6.45, 7) is 2.29. The number of carbonyl (C=O) groups is 2. The Morgan fingerprint density at radius 1 is 1.15 bits per heavy atom. The van der Waals surface area contributed by atoms with Gasteiger partial charge in [-0.2, -0.15) is 0 Å². The molecule has 1 atom stereocenters. The van der Waals surface area contributed by atoms with Gasteiger partial charge < -0.3 is 19.8 Å². The third-order valence-electron chi connectivity index (χ3n) is 5.33. The Kier molecular flexibility index (Phi) is 6.33. The van der Waals surface area contributed by atoms with Gasteiger partial charge in [0.1, 0.15) is 17.3 Å². The van der Waals surface area contributed by atoms with E-state index in [4.69, 9.17) is 16.3 Å². The molecule has 2 N–H and O–H groups in total. The number of benzene rings is 2. The zero-order valence-electron chi connectivity index (χ0n) is 17.7. The van der Waals surface area contributed by atoms with Crippen molar-refractivity contribution < 1.29 is 24.5 Å². The quantitative estimate of drug-likeness (QED) is 0.317. The highest BCUT2D eigenvalue weighted by atomic mass is 35.5. The fraction of sp³-hybridized carbons (Fsp3) is 0.160. The van der Waals surface area contributed by atoms with Gasteiger partial charge in [0.15, 0.2) is 0 Å². The van der Waals surface area contributed by atoms with Gasteiger partial charge in [0.2, 0.25) is 0 Å². The van der Waals surface area contributed by atoms with Crippen LogP contribution in [-0.2, 0) is 16.1 Å². The lowest BCUT2D eigenvalue weighted by atomic mass is 9.95. The predicted molar refractivity (Wildman–Crippen MR) is 123 cm³/mol. The van der Waals surface area contributed by atoms with Crippen LogP contribution in [0.3, 0.4) is 0 Å². The number of aromatic hydroxyl groups is 1. The summed E-state index contributed by atoms with van der Waals surface area (Å²) in [7, 11) is 0. The minimum atomic E-state index is -0.864. The second-order valence-electron chi connectivity index (χ2n) is 7.46. The van der Waals surface area contributed by atoms with Gasteiger partial charge in [-0.1, -0.05) is 29.8 Å². The first-order valence-corrected chi connectivity index (χ1v) is 10.7. The Labute approximate surface area is 195 Å². The normalized spacial score (nSPS) is 17.4. The molecular weight excluding hydrogens is 444 g/mol. The van der Waals surface area contributed by atoms with E-state index in [-0.39, 0.29) is 23.6 Å². The number of hydrogen-bond donors (Lipinski definition) is 2. The molecular formula is C25H21ClN2O5. The van der Waals surface area contributed by atoms with Crippen LogP contribution in [0.1, 0.15) is 29.7 Å². The topological polar surface area (TPSA) is 100.0 Å². The summed E-state index contributed by atoms with van der Waals surface area (Å²) in [5.41, 5.74) is 1.54. The van der Waals surface area contributed by atoms with Crippen LogP contribution in [0.5, 0.6) is 11.5 Å². The van der Waals surface area contributed by atoms with Crippen LogP contribution in [0.2, 0.25) is 5.02 Å². The maximum Gasteiger partial charge on any atom is 0.295 e. The molecule has 1 aromatic heterocycles. The SMILES string of the molecule is CCOc1cc(/C(O)=C2/C(=O)C(=O)N(Cc3cccnc3)C2c2ccc(O)cc2)ccc1Cl. The van der Waals surface area contributed by atoms with Gasteiger partial charge in [-0.25, -0.2) is 0 Å². The Hall–Kier alpha value is -3.84. The number of carbonyl (C=O) groups excluding carboxylic acids is 2. The summed E-state index contributed by atoms with van der Waals surface area (Å²) >= 11 is 6.16. The van der Waals surface area contributed by atoms with Crippen molar-refractivity contribution in [2.24, 2.45) is 0 Å². The van der Waals surface area contributed by atoms with E-state index in [1.54, 1.807) is 55.7 Å². The first-order valence-electron chi connectivity index (χ1n) is 10.3. The average molecular weight is 465 g/mol. The summed E-state index contributed by atoms with van der Waals surface area (Å²) < 4.78 is 5.50. The van der Waals surface area contributed by atoms with E-state index in [0.717, 1.165) is 5.56 Å². The zero-order valence-corrected chi connectivity index (χ0v) is 18.5. The molecule has 1 saturated heterocycles. The fourth-order valence-electron chi connectivity index (χ4n) is 3.81. The molecule has 3 aromatic rings. The van der Waals surface area contributed by atoms with Crippen LogP contribution in [0.25, 0.3) is 5.76 Å². The van der Waals surface area contributed by atoms with Gasteiger partial charge in [0.25, 0.3) is 11.7 Å². The van der Waals surface area contributed by atoms with Crippen molar-refractivity contribution in [2.45, 2.75) is 19.5 Å². The maximum absolute atomic E-state index is 13.1. The van der Waals surface area contributed by atoms with Crippen LogP contribution in [-0.4, -0.2) is 38.4 Å². The first kappa shape index (κ1) is 22.4. The number of rotatable bonds is 6. The lowest BCUT2D eigenvalue weighted by Gasteiger charge is -2.25. The van der Waals surface area contributed by atoms with Crippen LogP contribution in [0.15, 0.2) is 72.6 Å². The number of likely N-dealkylation sites (tertiary alicyclic amines) is 1. The Bertz CT molecular complexity index is 1230. The van der Waals surface area contributed by atoms with E-state index < -0.39 is 17.7 Å². The van der Waals surface area contributed by atoms with Gasteiger partial charge >= 0.3 is 0 Å². The molecule has 0 bridgehead atoms. The molecule has 2 aromatic carbocycles. The number of aromatic nitrogens is 1. The first-order chi connectivity index (χ1) is 15.9. The molecule has 0 aliphatic carbocycles. The number of phenols is 1. The molecule has 1 aliphatic heterocycles. The summed E-state index contributed by atoms with van der Waals surface area (Å²) in [5, 5.41) is 21.3. The fourth-order valence-corrected chi connectivity index (χ4v) is 3.98. The van der Waals surface area contributed by atoms with E-state index in [9.17, 15) is 19.8 Å². The number of ketones is 1. The number of Topliss-reactive ketones (excluding diaryl/α,β-unsaturated/α-hetero) is 1. The number of aliphatic hydroxyl groups excluding tert-OH is 1. The molecule has 1 unspecified atom stereocenters. The molecule has 2 heterocycles. The van der Waals surface area contributed by atoms with Crippen molar-refractivity contribution in [3.63, 3.8) is 0 Å². The number of hydrogen-bond acceptors (Lipinski definition) is 6. The van der Waals surface area contributed by atoms with Crippen molar-refractivity contribution in [3.8, 4) is 11.5 Å². The van der Waals surface area contributed by atoms with Crippen LogP contribution >= 0.6 is 11.6 Å². The summed E-state index contributed by atoms with van der Waals surface area (Å²) in [4.78, 5) is 31.6. The molecule has 7 nitrogen and oxygen atoms in total. The summed E-state index contributed by atoms with van der Waals surface area (Å²) in [6.07, 6.45) is 3.23. The highest BCUT2D eigenvalue weighted by Gasteiger charge is 2.46. The lowest BCUT2D eigenvalue weighted by Crippen LogP contribution is -2.29. The molecule has 4 rings (SSSR count). The molecule has 168 valence electrons. The molecule has 1 amide bonds. The van der Waals surface area contributed by atoms with Gasteiger partial charge in [0, 0.05) is 24.5 Å². The van der Waals surface area contributed by atoms with E-state index in [2.05, 4.69) is 4.98 Å². The Balaban J connectivity index is 1.86. The minimum absolute atomic E-state index is 0.0435. The molecule has 1 fully saturated rings. The van der Waals surface area contributed by atoms with Gasteiger partial charge in [-0.05, 0) is 54.4 Å². The summed E-state index contributed by atoms with van der Waals surface area (Å²) in [6, 6.07) is 13.5. The Morgan fingerprint density at radius 2 is 1.91 bits per heavy atom. The lowest BCUT2D eigenvalue weighted by molar-refractivity contribution is -0.140. The number of aliphatic hydroxyl groups is 1. The van der Waals surface area contributed by atoms with Gasteiger partial charge in [-0.15, -0.1) is 0 Å². The van der Waals surface area contributed by atoms with E-state index in [0.29, 0.717) is 28.5 Å². The van der Waals surface area contributed by atoms with Gasteiger partial charge in [-0.3, -0.25) is 14.6 Å². The van der Waals surface area contributed by atoms with Crippen molar-refractivity contribution in [1.82, 2.24) is 9.88 Å². The second kappa shape index (κ2) is 9.34. The maximum atomic E-state index is 13.1. The highest BCUT2D eigenvalue weighted by molar-refractivity contribution is 6.46. The molecule has 0 saturated carbocycles.